The third-order valence-corrected chi connectivity index (χ3v) is 4.59. The second-order valence-corrected chi connectivity index (χ2v) is 6.42. The zero-order valence-corrected chi connectivity index (χ0v) is 14.1. The van der Waals surface area contributed by atoms with Gasteiger partial charge in [-0.15, -0.1) is 0 Å². The van der Waals surface area contributed by atoms with Gasteiger partial charge < -0.3 is 10.2 Å². The van der Waals surface area contributed by atoms with Crippen LogP contribution in [0.4, 0.5) is 5.69 Å². The first-order valence-corrected chi connectivity index (χ1v) is 8.25. The maximum absolute atomic E-state index is 12.3. The van der Waals surface area contributed by atoms with E-state index in [1.54, 1.807) is 4.90 Å². The molecule has 1 unspecified atom stereocenters. The van der Waals surface area contributed by atoms with Gasteiger partial charge in [0.1, 0.15) is 0 Å². The highest BCUT2D eigenvalue weighted by molar-refractivity contribution is 5.96. The van der Waals surface area contributed by atoms with Crippen LogP contribution in [0.1, 0.15) is 27.9 Å². The van der Waals surface area contributed by atoms with Gasteiger partial charge in [-0.05, 0) is 49.2 Å². The molecule has 1 aliphatic heterocycles. The summed E-state index contributed by atoms with van der Waals surface area (Å²) >= 11 is 0. The largest absolute Gasteiger partial charge is 0.352 e. The Kier molecular flexibility index (Phi) is 4.65. The topological polar surface area (TPSA) is 49.4 Å². The SMILES string of the molecule is Cc1ccc(C(=O)NCC2CC(=O)N(c3ccccc3)C2)cc1C. The van der Waals surface area contributed by atoms with Crippen LogP contribution in [0.2, 0.25) is 0 Å². The number of aryl methyl sites for hydroxylation is 2. The monoisotopic (exact) mass is 322 g/mol. The molecule has 0 bridgehead atoms. The van der Waals surface area contributed by atoms with Gasteiger partial charge in [0.25, 0.3) is 5.91 Å². The van der Waals surface area contributed by atoms with E-state index in [4.69, 9.17) is 0 Å². The molecular weight excluding hydrogens is 300 g/mol. The highest BCUT2D eigenvalue weighted by Gasteiger charge is 2.30. The Bertz CT molecular complexity index is 755. The molecule has 24 heavy (non-hydrogen) atoms. The zero-order chi connectivity index (χ0) is 17.1. The molecule has 2 aromatic carbocycles. The van der Waals surface area contributed by atoms with E-state index in [1.165, 1.54) is 5.56 Å². The molecule has 1 fully saturated rings. The molecule has 4 heteroatoms. The van der Waals surface area contributed by atoms with Crippen LogP contribution < -0.4 is 10.2 Å². The fourth-order valence-electron chi connectivity index (χ4n) is 3.00. The normalized spacial score (nSPS) is 17.2. The highest BCUT2D eigenvalue weighted by atomic mass is 16.2. The number of amides is 2. The van der Waals surface area contributed by atoms with Gasteiger partial charge in [-0.25, -0.2) is 0 Å². The lowest BCUT2D eigenvalue weighted by molar-refractivity contribution is -0.117. The number of carbonyl (C=O) groups is 2. The number of para-hydroxylation sites is 1. The number of nitrogens with one attached hydrogen (secondary N) is 1. The summed E-state index contributed by atoms with van der Waals surface area (Å²) in [4.78, 5) is 26.3. The number of nitrogens with zero attached hydrogens (tertiary/aromatic N) is 1. The Labute approximate surface area is 142 Å². The fourth-order valence-corrected chi connectivity index (χ4v) is 3.00. The molecule has 1 N–H and O–H groups in total. The van der Waals surface area contributed by atoms with Gasteiger partial charge in [0, 0.05) is 36.7 Å². The first-order chi connectivity index (χ1) is 11.5. The summed E-state index contributed by atoms with van der Waals surface area (Å²) in [5, 5.41) is 2.96. The first kappa shape index (κ1) is 16.2. The van der Waals surface area contributed by atoms with Crippen molar-refractivity contribution in [2.75, 3.05) is 18.0 Å². The van der Waals surface area contributed by atoms with Gasteiger partial charge in [-0.2, -0.15) is 0 Å². The number of hydrogen-bond donors (Lipinski definition) is 1. The van der Waals surface area contributed by atoms with E-state index >= 15 is 0 Å². The van der Waals surface area contributed by atoms with Gasteiger partial charge in [0.05, 0.1) is 0 Å². The predicted octanol–water partition coefficient (Wildman–Crippen LogP) is 3.09. The highest BCUT2D eigenvalue weighted by Crippen LogP contribution is 2.24. The van der Waals surface area contributed by atoms with E-state index in [2.05, 4.69) is 5.32 Å². The van der Waals surface area contributed by atoms with Crippen molar-refractivity contribution < 1.29 is 9.59 Å². The van der Waals surface area contributed by atoms with E-state index in [9.17, 15) is 9.59 Å². The minimum absolute atomic E-state index is 0.0799. The predicted molar refractivity (Wildman–Crippen MR) is 95.2 cm³/mol. The number of carbonyl (C=O) groups excluding carboxylic acids is 2. The standard InChI is InChI=1S/C20H22N2O2/c1-14-8-9-17(10-15(14)2)20(24)21-12-16-11-19(23)22(13-16)18-6-4-3-5-7-18/h3-10,16H,11-13H2,1-2H3,(H,21,24). The summed E-state index contributed by atoms with van der Waals surface area (Å²) < 4.78 is 0. The summed E-state index contributed by atoms with van der Waals surface area (Å²) in [6.45, 7) is 5.19. The molecule has 0 spiro atoms. The van der Waals surface area contributed by atoms with Crippen molar-refractivity contribution in [1.29, 1.82) is 0 Å². The fraction of sp³-hybridized carbons (Fsp3) is 0.300. The quantitative estimate of drug-likeness (QED) is 0.940. The Hall–Kier alpha value is -2.62. The number of benzene rings is 2. The van der Waals surface area contributed by atoms with E-state index in [1.807, 2.05) is 62.4 Å². The lowest BCUT2D eigenvalue weighted by atomic mass is 10.1. The molecule has 0 saturated carbocycles. The molecule has 1 saturated heterocycles. The van der Waals surface area contributed by atoms with E-state index in [0.717, 1.165) is 11.3 Å². The Morgan fingerprint density at radius 2 is 1.88 bits per heavy atom. The maximum atomic E-state index is 12.3. The van der Waals surface area contributed by atoms with E-state index < -0.39 is 0 Å². The number of hydrogen-bond acceptors (Lipinski definition) is 2. The van der Waals surface area contributed by atoms with Crippen molar-refractivity contribution in [3.63, 3.8) is 0 Å². The maximum Gasteiger partial charge on any atom is 0.251 e. The van der Waals surface area contributed by atoms with Crippen molar-refractivity contribution in [2.24, 2.45) is 5.92 Å². The third kappa shape index (κ3) is 3.48. The lowest BCUT2D eigenvalue weighted by Gasteiger charge is -2.17. The van der Waals surface area contributed by atoms with Crippen molar-refractivity contribution >= 4 is 17.5 Å². The molecule has 0 radical (unpaired) electrons. The van der Waals surface area contributed by atoms with Crippen LogP contribution in [0.3, 0.4) is 0 Å². The molecular formula is C20H22N2O2. The van der Waals surface area contributed by atoms with Crippen LogP contribution in [0.5, 0.6) is 0 Å². The summed E-state index contributed by atoms with van der Waals surface area (Å²) in [6.07, 6.45) is 0.474. The Morgan fingerprint density at radius 3 is 2.58 bits per heavy atom. The van der Waals surface area contributed by atoms with E-state index in [-0.39, 0.29) is 17.7 Å². The molecule has 0 aliphatic carbocycles. The second-order valence-electron chi connectivity index (χ2n) is 6.42. The average molecular weight is 322 g/mol. The third-order valence-electron chi connectivity index (χ3n) is 4.59. The number of rotatable bonds is 4. The molecule has 3 rings (SSSR count). The van der Waals surface area contributed by atoms with Gasteiger partial charge >= 0.3 is 0 Å². The van der Waals surface area contributed by atoms with Gasteiger partial charge in [0.2, 0.25) is 5.91 Å². The minimum Gasteiger partial charge on any atom is -0.352 e. The van der Waals surface area contributed by atoms with Crippen LogP contribution in [-0.2, 0) is 4.79 Å². The molecule has 2 aromatic rings. The zero-order valence-electron chi connectivity index (χ0n) is 14.1. The number of anilines is 1. The summed E-state index contributed by atoms with van der Waals surface area (Å²) in [7, 11) is 0. The molecule has 4 nitrogen and oxygen atoms in total. The van der Waals surface area contributed by atoms with E-state index in [0.29, 0.717) is 25.1 Å². The summed E-state index contributed by atoms with van der Waals surface area (Å²) in [5.41, 5.74) is 3.87. The average Bonchev–Trinajstić information content (AvgIpc) is 2.97. The molecule has 1 aliphatic rings. The van der Waals surface area contributed by atoms with Crippen LogP contribution in [0, 0.1) is 19.8 Å². The van der Waals surface area contributed by atoms with Crippen molar-refractivity contribution in [3.05, 3.63) is 65.2 Å². The van der Waals surface area contributed by atoms with Crippen LogP contribution in [-0.4, -0.2) is 24.9 Å². The Balaban J connectivity index is 1.58. The van der Waals surface area contributed by atoms with Crippen molar-refractivity contribution in [3.8, 4) is 0 Å². The minimum atomic E-state index is -0.0799. The van der Waals surface area contributed by atoms with Crippen LogP contribution in [0.15, 0.2) is 48.5 Å². The molecule has 1 heterocycles. The van der Waals surface area contributed by atoms with Crippen molar-refractivity contribution in [1.82, 2.24) is 5.32 Å². The van der Waals surface area contributed by atoms with Crippen LogP contribution >= 0.6 is 0 Å². The smallest absolute Gasteiger partial charge is 0.251 e. The van der Waals surface area contributed by atoms with Crippen LogP contribution in [0.25, 0.3) is 0 Å². The second kappa shape index (κ2) is 6.87. The lowest BCUT2D eigenvalue weighted by Crippen LogP contribution is -2.31. The molecule has 1 atom stereocenters. The molecule has 2 amide bonds. The summed E-state index contributed by atoms with van der Waals surface area (Å²) in [6, 6.07) is 15.4. The van der Waals surface area contributed by atoms with Gasteiger partial charge in [-0.1, -0.05) is 24.3 Å². The van der Waals surface area contributed by atoms with Gasteiger partial charge in [-0.3, -0.25) is 9.59 Å². The summed E-state index contributed by atoms with van der Waals surface area (Å²) in [5.74, 6) is 0.184. The molecule has 0 aromatic heterocycles. The van der Waals surface area contributed by atoms with Gasteiger partial charge in [0.15, 0.2) is 0 Å². The first-order valence-electron chi connectivity index (χ1n) is 8.25. The Morgan fingerprint density at radius 1 is 1.12 bits per heavy atom. The van der Waals surface area contributed by atoms with Crippen molar-refractivity contribution in [2.45, 2.75) is 20.3 Å². The molecule has 124 valence electrons.